The highest BCUT2D eigenvalue weighted by atomic mass is 32.2. The zero-order valence-corrected chi connectivity index (χ0v) is 14.9. The van der Waals surface area contributed by atoms with Crippen LogP contribution in [-0.4, -0.2) is 49.1 Å². The molecule has 1 aliphatic rings. The minimum atomic E-state index is -4.02. The zero-order chi connectivity index (χ0) is 18.4. The molecule has 1 aliphatic heterocycles. The minimum Gasteiger partial charge on any atom is -0.490 e. The smallest absolute Gasteiger partial charge is 0.294 e. The molecule has 1 fully saturated rings. The van der Waals surface area contributed by atoms with E-state index in [1.165, 1.54) is 30.8 Å². The number of aryl methyl sites for hydroxylation is 1. The van der Waals surface area contributed by atoms with Gasteiger partial charge < -0.3 is 4.74 Å². The maximum absolute atomic E-state index is 12.5. The van der Waals surface area contributed by atoms with Crippen LogP contribution >= 0.6 is 0 Å². The molecule has 8 heteroatoms. The zero-order valence-electron chi connectivity index (χ0n) is 14.1. The van der Waals surface area contributed by atoms with Crippen molar-refractivity contribution in [1.29, 1.82) is 0 Å². The van der Waals surface area contributed by atoms with Crippen LogP contribution in [0.3, 0.4) is 0 Å². The first-order valence-corrected chi connectivity index (χ1v) is 9.18. The molecule has 0 radical (unpaired) electrons. The molecule has 1 aromatic carbocycles. The molecule has 0 unspecified atom stereocenters. The fourth-order valence-electron chi connectivity index (χ4n) is 2.13. The van der Waals surface area contributed by atoms with Gasteiger partial charge in [0.25, 0.3) is 10.1 Å². The first-order chi connectivity index (χ1) is 11.8. The summed E-state index contributed by atoms with van der Waals surface area (Å²) in [5.74, 6) is 0.157. The van der Waals surface area contributed by atoms with Crippen molar-refractivity contribution >= 4 is 10.1 Å². The SMILES string of the molecule is CN1CC[C@@H]1COc1ccc(F)nc1.Cc1ccc(S(=O)(=O)O)cc1. The topological polar surface area (TPSA) is 79.7 Å². The Morgan fingerprint density at radius 1 is 1.28 bits per heavy atom. The first-order valence-electron chi connectivity index (χ1n) is 7.74. The number of ether oxygens (including phenoxy) is 1. The van der Waals surface area contributed by atoms with E-state index in [9.17, 15) is 12.8 Å². The third kappa shape index (κ3) is 6.08. The van der Waals surface area contributed by atoms with E-state index in [0.29, 0.717) is 18.4 Å². The monoisotopic (exact) mass is 368 g/mol. The number of benzene rings is 1. The summed E-state index contributed by atoms with van der Waals surface area (Å²) in [6, 6.07) is 9.39. The van der Waals surface area contributed by atoms with E-state index in [2.05, 4.69) is 16.9 Å². The van der Waals surface area contributed by atoms with Crippen molar-refractivity contribution in [2.75, 3.05) is 20.2 Å². The summed E-state index contributed by atoms with van der Waals surface area (Å²) in [6.07, 6.45) is 2.58. The predicted molar refractivity (Wildman–Crippen MR) is 91.7 cm³/mol. The largest absolute Gasteiger partial charge is 0.490 e. The van der Waals surface area contributed by atoms with Gasteiger partial charge >= 0.3 is 0 Å². The van der Waals surface area contributed by atoms with Gasteiger partial charge in [0.05, 0.1) is 11.1 Å². The number of hydrogen-bond donors (Lipinski definition) is 1. The quantitative estimate of drug-likeness (QED) is 0.660. The Bertz CT molecular complexity index is 779. The Morgan fingerprint density at radius 2 is 1.96 bits per heavy atom. The van der Waals surface area contributed by atoms with Gasteiger partial charge in [-0.15, -0.1) is 0 Å². The van der Waals surface area contributed by atoms with Crippen LogP contribution in [0.25, 0.3) is 0 Å². The van der Waals surface area contributed by atoms with Gasteiger partial charge in [0.2, 0.25) is 5.95 Å². The van der Waals surface area contributed by atoms with Crippen LogP contribution in [0.2, 0.25) is 0 Å². The van der Waals surface area contributed by atoms with Crippen LogP contribution in [0.1, 0.15) is 12.0 Å². The van der Waals surface area contributed by atoms with Crippen LogP contribution in [0.5, 0.6) is 5.75 Å². The molecule has 25 heavy (non-hydrogen) atoms. The van der Waals surface area contributed by atoms with Gasteiger partial charge in [-0.05, 0) is 51.2 Å². The third-order valence-electron chi connectivity index (χ3n) is 3.90. The highest BCUT2D eigenvalue weighted by Gasteiger charge is 2.24. The number of pyridine rings is 1. The van der Waals surface area contributed by atoms with Gasteiger partial charge in [-0.25, -0.2) is 4.98 Å². The van der Waals surface area contributed by atoms with E-state index in [-0.39, 0.29) is 4.90 Å². The second-order valence-corrected chi connectivity index (χ2v) is 7.26. The Balaban J connectivity index is 0.000000186. The Labute approximate surface area is 147 Å². The first kappa shape index (κ1) is 19.3. The van der Waals surface area contributed by atoms with Crippen molar-refractivity contribution in [1.82, 2.24) is 9.88 Å². The summed E-state index contributed by atoms with van der Waals surface area (Å²) in [5, 5.41) is 0. The molecular weight excluding hydrogens is 347 g/mol. The standard InChI is InChI=1S/C10H13FN2O.C7H8O3S/c1-13-5-4-8(13)7-14-9-2-3-10(11)12-6-9;1-6-2-4-7(5-3-6)11(8,9)10/h2-3,6,8H,4-5,7H2,1H3;2-5H,1H3,(H,8,9,10)/t8-;/m1./s1. The maximum Gasteiger partial charge on any atom is 0.294 e. The molecule has 136 valence electrons. The highest BCUT2D eigenvalue weighted by Crippen LogP contribution is 2.16. The van der Waals surface area contributed by atoms with Gasteiger partial charge in [-0.3, -0.25) is 9.45 Å². The van der Waals surface area contributed by atoms with E-state index in [1.54, 1.807) is 18.2 Å². The van der Waals surface area contributed by atoms with E-state index in [4.69, 9.17) is 9.29 Å². The predicted octanol–water partition coefficient (Wildman–Crippen LogP) is 2.55. The summed E-state index contributed by atoms with van der Waals surface area (Å²) >= 11 is 0. The van der Waals surface area contributed by atoms with E-state index >= 15 is 0 Å². The fourth-order valence-corrected chi connectivity index (χ4v) is 2.61. The third-order valence-corrected chi connectivity index (χ3v) is 4.77. The van der Waals surface area contributed by atoms with Crippen molar-refractivity contribution in [3.8, 4) is 5.75 Å². The van der Waals surface area contributed by atoms with Gasteiger partial charge in [-0.2, -0.15) is 12.8 Å². The van der Waals surface area contributed by atoms with Crippen LogP contribution in [0, 0.1) is 12.9 Å². The minimum absolute atomic E-state index is 0.0666. The van der Waals surface area contributed by atoms with Crippen LogP contribution < -0.4 is 4.74 Å². The summed E-state index contributed by atoms with van der Waals surface area (Å²) in [7, 11) is -1.95. The molecule has 0 aliphatic carbocycles. The molecule has 1 atom stereocenters. The van der Waals surface area contributed by atoms with E-state index in [0.717, 1.165) is 12.1 Å². The molecule has 3 rings (SSSR count). The average molecular weight is 368 g/mol. The molecule has 6 nitrogen and oxygen atoms in total. The van der Waals surface area contributed by atoms with Gasteiger partial charge in [-0.1, -0.05) is 17.7 Å². The molecule has 0 amide bonds. The van der Waals surface area contributed by atoms with Gasteiger partial charge in [0.1, 0.15) is 12.4 Å². The normalized spacial score (nSPS) is 17.2. The highest BCUT2D eigenvalue weighted by molar-refractivity contribution is 7.85. The van der Waals surface area contributed by atoms with E-state index < -0.39 is 16.1 Å². The van der Waals surface area contributed by atoms with Gasteiger partial charge in [0, 0.05) is 6.04 Å². The van der Waals surface area contributed by atoms with Crippen molar-refractivity contribution in [3.63, 3.8) is 0 Å². The number of aromatic nitrogens is 1. The van der Waals surface area contributed by atoms with Crippen molar-refractivity contribution in [2.24, 2.45) is 0 Å². The number of rotatable bonds is 4. The molecule has 0 bridgehead atoms. The number of likely N-dealkylation sites (tertiary alicyclic amines) is 1. The lowest BCUT2D eigenvalue weighted by molar-refractivity contribution is 0.0767. The Morgan fingerprint density at radius 3 is 2.40 bits per heavy atom. The Hall–Kier alpha value is -2.03. The molecule has 1 saturated heterocycles. The second kappa shape index (κ2) is 8.37. The summed E-state index contributed by atoms with van der Waals surface area (Å²) in [4.78, 5) is 5.68. The van der Waals surface area contributed by atoms with Crippen molar-refractivity contribution < 1.29 is 22.1 Å². The molecule has 0 saturated carbocycles. The number of nitrogens with zero attached hydrogens (tertiary/aromatic N) is 2. The Kier molecular flexibility index (Phi) is 6.46. The molecule has 2 heterocycles. The lowest BCUT2D eigenvalue weighted by Crippen LogP contribution is -2.48. The summed E-state index contributed by atoms with van der Waals surface area (Å²) < 4.78 is 47.5. The lowest BCUT2D eigenvalue weighted by Gasteiger charge is -2.37. The summed E-state index contributed by atoms with van der Waals surface area (Å²) in [6.45, 7) is 3.63. The van der Waals surface area contributed by atoms with Crippen LogP contribution in [-0.2, 0) is 10.1 Å². The molecule has 0 spiro atoms. The fraction of sp³-hybridized carbons (Fsp3) is 0.353. The van der Waals surface area contributed by atoms with Gasteiger partial charge in [0.15, 0.2) is 0 Å². The van der Waals surface area contributed by atoms with Crippen LogP contribution in [0.15, 0.2) is 47.5 Å². The van der Waals surface area contributed by atoms with E-state index in [1.807, 2.05) is 6.92 Å². The number of halogens is 1. The molecule has 2 aromatic rings. The number of hydrogen-bond acceptors (Lipinski definition) is 5. The molecule has 1 N–H and O–H groups in total. The summed E-state index contributed by atoms with van der Waals surface area (Å²) in [5.41, 5.74) is 0.956. The lowest BCUT2D eigenvalue weighted by atomic mass is 10.1. The second-order valence-electron chi connectivity index (χ2n) is 5.84. The average Bonchev–Trinajstić information content (AvgIpc) is 2.55. The van der Waals surface area contributed by atoms with Crippen molar-refractivity contribution in [2.45, 2.75) is 24.3 Å². The number of likely N-dealkylation sites (N-methyl/N-ethyl adjacent to an activating group) is 1. The maximum atomic E-state index is 12.5. The molecular formula is C17H21FN2O4S. The van der Waals surface area contributed by atoms with Crippen LogP contribution in [0.4, 0.5) is 4.39 Å². The van der Waals surface area contributed by atoms with Crippen molar-refractivity contribution in [3.05, 3.63) is 54.1 Å². The molecule has 1 aromatic heterocycles.